The summed E-state index contributed by atoms with van der Waals surface area (Å²) in [7, 11) is 0. The van der Waals surface area contributed by atoms with Gasteiger partial charge in [0.15, 0.2) is 0 Å². The predicted octanol–water partition coefficient (Wildman–Crippen LogP) is 5.42. The highest BCUT2D eigenvalue weighted by atomic mass is 16.5. The Morgan fingerprint density at radius 2 is 1.21 bits per heavy atom. The van der Waals surface area contributed by atoms with E-state index in [1.807, 2.05) is 37.3 Å². The van der Waals surface area contributed by atoms with E-state index in [1.165, 1.54) is 6.92 Å². The molecular weight excluding hydrogens is 440 g/mol. The Labute approximate surface area is 201 Å². The monoisotopic (exact) mass is 476 g/mol. The molecule has 0 bridgehead atoms. The van der Waals surface area contributed by atoms with Crippen molar-refractivity contribution in [1.29, 1.82) is 0 Å². The zero-order valence-electron chi connectivity index (χ0n) is 20.4. The van der Waals surface area contributed by atoms with Crippen molar-refractivity contribution in [3.63, 3.8) is 0 Å². The fourth-order valence-electron chi connectivity index (χ4n) is 1.41. The van der Waals surface area contributed by atoms with Gasteiger partial charge in [-0.1, -0.05) is 76.9 Å². The molecule has 8 heteroatoms. The van der Waals surface area contributed by atoms with E-state index < -0.39 is 17.9 Å². The fourth-order valence-corrected chi connectivity index (χ4v) is 1.41. The van der Waals surface area contributed by atoms with E-state index in [0.717, 1.165) is 12.0 Å². The normalized spacial score (nSPS) is 8.59. The maximum absolute atomic E-state index is 11.0. The minimum absolute atomic E-state index is 0.176. The molecule has 0 saturated carbocycles. The van der Waals surface area contributed by atoms with Crippen LogP contribution in [-0.4, -0.2) is 39.2 Å². The quantitative estimate of drug-likeness (QED) is 0.317. The maximum atomic E-state index is 11.0. The van der Waals surface area contributed by atoms with Crippen LogP contribution in [0.1, 0.15) is 52.5 Å². The van der Waals surface area contributed by atoms with Gasteiger partial charge in [0.1, 0.15) is 6.61 Å². The summed E-state index contributed by atoms with van der Waals surface area (Å²) in [6.07, 6.45) is 1.97. The first-order chi connectivity index (χ1) is 15.7. The predicted molar refractivity (Wildman–Crippen MR) is 132 cm³/mol. The molecule has 1 aromatic rings. The Morgan fingerprint density at radius 1 is 0.765 bits per heavy atom. The van der Waals surface area contributed by atoms with Crippen LogP contribution in [0.4, 0.5) is 0 Å². The van der Waals surface area contributed by atoms with Gasteiger partial charge in [0.25, 0.3) is 0 Å². The van der Waals surface area contributed by atoms with Crippen molar-refractivity contribution in [2.75, 3.05) is 0 Å². The highest BCUT2D eigenvalue weighted by molar-refractivity contribution is 5.87. The number of rotatable bonds is 9. The molecule has 0 saturated heterocycles. The highest BCUT2D eigenvalue weighted by Gasteiger charge is 2.02. The van der Waals surface area contributed by atoms with Gasteiger partial charge in [-0.15, -0.1) is 0 Å². The van der Waals surface area contributed by atoms with Crippen molar-refractivity contribution in [3.05, 3.63) is 84.5 Å². The van der Waals surface area contributed by atoms with Crippen LogP contribution in [0.25, 0.3) is 0 Å². The van der Waals surface area contributed by atoms with E-state index in [0.29, 0.717) is 30.6 Å². The van der Waals surface area contributed by atoms with Gasteiger partial charge >= 0.3 is 23.9 Å². The molecule has 1 aromatic carbocycles. The van der Waals surface area contributed by atoms with E-state index in [-0.39, 0.29) is 17.1 Å². The lowest BCUT2D eigenvalue weighted by Gasteiger charge is -2.03. The minimum Gasteiger partial charge on any atom is -0.478 e. The van der Waals surface area contributed by atoms with Crippen LogP contribution in [0.3, 0.4) is 0 Å². The van der Waals surface area contributed by atoms with Crippen LogP contribution >= 0.6 is 0 Å². The molecule has 0 radical (unpaired) electrons. The van der Waals surface area contributed by atoms with Crippen molar-refractivity contribution in [3.8, 4) is 0 Å². The van der Waals surface area contributed by atoms with Gasteiger partial charge in [0, 0.05) is 22.3 Å². The second kappa shape index (κ2) is 20.9. The molecule has 0 unspecified atom stereocenters. The van der Waals surface area contributed by atoms with Crippen molar-refractivity contribution in [1.82, 2.24) is 0 Å². The molecule has 0 atom stereocenters. The Balaban J connectivity index is -0.000000400. The number of ether oxygens (including phenoxy) is 1. The Kier molecular flexibility index (Phi) is 21.3. The maximum Gasteiger partial charge on any atom is 0.333 e. The molecule has 0 fully saturated rings. The first-order valence-electron chi connectivity index (χ1n) is 10.3. The van der Waals surface area contributed by atoms with E-state index in [2.05, 4.69) is 26.3 Å². The largest absolute Gasteiger partial charge is 0.478 e. The number of carbonyl (C=O) groups excluding carboxylic acids is 1. The fraction of sp³-hybridized carbons (Fsp3) is 0.308. The summed E-state index contributed by atoms with van der Waals surface area (Å²) >= 11 is 0. The number of carboxylic acid groups (broad SMARTS) is 3. The second-order valence-corrected chi connectivity index (χ2v) is 6.85. The SMILES string of the molecule is C=C(C)C(=O)O.C=C(C)C(=O)OCc1ccccc1.C=C(CC)C(=O)O.C=C(CCC)C(=O)O. The number of esters is 1. The summed E-state index contributed by atoms with van der Waals surface area (Å²) in [5.74, 6) is -3.06. The molecule has 0 aliphatic rings. The van der Waals surface area contributed by atoms with Crippen molar-refractivity contribution in [2.45, 2.75) is 53.6 Å². The van der Waals surface area contributed by atoms with E-state index >= 15 is 0 Å². The summed E-state index contributed by atoms with van der Waals surface area (Å²) in [4.78, 5) is 40.4. The second-order valence-electron chi connectivity index (χ2n) is 6.85. The van der Waals surface area contributed by atoms with Gasteiger partial charge in [0.2, 0.25) is 0 Å². The van der Waals surface area contributed by atoms with Gasteiger partial charge in [-0.25, -0.2) is 19.2 Å². The summed E-state index contributed by atoms with van der Waals surface area (Å²) in [5, 5.41) is 24.2. The zero-order chi connectivity index (χ0) is 27.3. The topological polar surface area (TPSA) is 138 Å². The molecule has 0 amide bonds. The highest BCUT2D eigenvalue weighted by Crippen LogP contribution is 2.02. The number of carbonyl (C=O) groups is 4. The van der Waals surface area contributed by atoms with E-state index in [4.69, 9.17) is 20.1 Å². The summed E-state index contributed by atoms with van der Waals surface area (Å²) in [6.45, 7) is 20.3. The summed E-state index contributed by atoms with van der Waals surface area (Å²) < 4.78 is 4.95. The number of carboxylic acids is 3. The third-order valence-corrected chi connectivity index (χ3v) is 3.51. The van der Waals surface area contributed by atoms with Gasteiger partial charge < -0.3 is 20.1 Å². The standard InChI is InChI=1S/C11H12O2.C6H10O2.C5H8O2.C4H6O2/c1-9(2)11(12)13-8-10-6-4-3-5-7-10;1-3-4-5(2)6(7)8;1-3-4(2)5(6)7;1-3(2)4(5)6/h3-7H,1,8H2,2H3;2-4H2,1H3,(H,7,8);2-3H2,1H3,(H,6,7);1H2,2H3,(H,5,6). The molecule has 34 heavy (non-hydrogen) atoms. The number of benzene rings is 1. The van der Waals surface area contributed by atoms with Gasteiger partial charge in [0.05, 0.1) is 0 Å². The molecular formula is C26H36O8. The first-order valence-corrected chi connectivity index (χ1v) is 10.3. The summed E-state index contributed by atoms with van der Waals surface area (Å²) in [5.41, 5.74) is 2.15. The minimum atomic E-state index is -0.935. The van der Waals surface area contributed by atoms with Gasteiger partial charge in [-0.3, -0.25) is 0 Å². The lowest BCUT2D eigenvalue weighted by Crippen LogP contribution is -2.04. The van der Waals surface area contributed by atoms with Crippen LogP contribution in [-0.2, 0) is 30.5 Å². The van der Waals surface area contributed by atoms with Crippen molar-refractivity contribution >= 4 is 23.9 Å². The number of aliphatic carboxylic acids is 3. The number of hydrogen-bond donors (Lipinski definition) is 3. The molecule has 0 heterocycles. The molecule has 8 nitrogen and oxygen atoms in total. The third kappa shape index (κ3) is 22.7. The van der Waals surface area contributed by atoms with Crippen LogP contribution in [0.2, 0.25) is 0 Å². The lowest BCUT2D eigenvalue weighted by atomic mass is 10.2. The smallest absolute Gasteiger partial charge is 0.333 e. The molecule has 0 aliphatic carbocycles. The van der Waals surface area contributed by atoms with Crippen LogP contribution in [0.15, 0.2) is 78.9 Å². The van der Waals surface area contributed by atoms with Crippen LogP contribution in [0, 0.1) is 0 Å². The number of hydrogen-bond acceptors (Lipinski definition) is 5. The Hall–Kier alpha value is -3.94. The van der Waals surface area contributed by atoms with Crippen molar-refractivity contribution in [2.24, 2.45) is 0 Å². The molecule has 1 rings (SSSR count). The van der Waals surface area contributed by atoms with E-state index in [9.17, 15) is 19.2 Å². The first kappa shape index (κ1) is 34.7. The van der Waals surface area contributed by atoms with Crippen LogP contribution in [0.5, 0.6) is 0 Å². The zero-order valence-corrected chi connectivity index (χ0v) is 20.4. The molecule has 0 spiro atoms. The molecule has 0 aromatic heterocycles. The average molecular weight is 477 g/mol. The summed E-state index contributed by atoms with van der Waals surface area (Å²) in [6, 6.07) is 9.55. The molecule has 188 valence electrons. The molecule has 3 N–H and O–H groups in total. The Bertz CT molecular complexity index is 839. The molecule has 0 aliphatic heterocycles. The van der Waals surface area contributed by atoms with Crippen LogP contribution < -0.4 is 0 Å². The lowest BCUT2D eigenvalue weighted by molar-refractivity contribution is -0.140. The van der Waals surface area contributed by atoms with Gasteiger partial charge in [-0.2, -0.15) is 0 Å². The van der Waals surface area contributed by atoms with Gasteiger partial charge in [-0.05, 0) is 32.3 Å². The third-order valence-electron chi connectivity index (χ3n) is 3.51. The Morgan fingerprint density at radius 3 is 1.44 bits per heavy atom. The van der Waals surface area contributed by atoms with E-state index in [1.54, 1.807) is 13.8 Å². The van der Waals surface area contributed by atoms with Crippen molar-refractivity contribution < 1.29 is 39.2 Å². The average Bonchev–Trinajstić information content (AvgIpc) is 2.78.